The minimum absolute atomic E-state index is 0.0401. The highest BCUT2D eigenvalue weighted by molar-refractivity contribution is 5.58. The monoisotopic (exact) mass is 565 g/mol. The van der Waals surface area contributed by atoms with Crippen molar-refractivity contribution in [2.24, 2.45) is 0 Å². The van der Waals surface area contributed by atoms with Gasteiger partial charge < -0.3 is 33.9 Å². The standard InChI is InChI=1S/C27H30F3N3O7/c1-36-8-5-9-37-13-20(34)25-24(35)23(26-21(39-25)14-38-27(40-26)15-6-3-2-4-7-15)33-12-19(31-32-33)16-10-17(28)22(30)18(29)11-16/h2-4,6-7,10-12,20-21,23-27,34-35H,5,8-9,13-14H2,1H3/t20-,21?,23-,24?,25+,26+,27?/m1/s1. The third-order valence-electron chi connectivity index (χ3n) is 6.89. The summed E-state index contributed by atoms with van der Waals surface area (Å²) in [6.07, 6.45) is -3.98. The number of nitrogens with zero attached hydrogens (tertiary/aromatic N) is 3. The molecule has 2 aromatic carbocycles. The summed E-state index contributed by atoms with van der Waals surface area (Å²) in [5.74, 6) is -4.34. The Kier molecular flexibility index (Phi) is 9.10. The maximum Gasteiger partial charge on any atom is 0.194 e. The highest BCUT2D eigenvalue weighted by atomic mass is 19.2. The van der Waals surface area contributed by atoms with Gasteiger partial charge in [-0.2, -0.15) is 0 Å². The number of hydrogen-bond donors (Lipinski definition) is 2. The fourth-order valence-corrected chi connectivity index (χ4v) is 4.91. The van der Waals surface area contributed by atoms with Gasteiger partial charge in [-0.25, -0.2) is 17.9 Å². The Morgan fingerprint density at radius 3 is 2.58 bits per heavy atom. The van der Waals surface area contributed by atoms with E-state index in [9.17, 15) is 23.4 Å². The van der Waals surface area contributed by atoms with Crippen LogP contribution in [-0.2, 0) is 23.7 Å². The second-order valence-electron chi connectivity index (χ2n) is 9.62. The summed E-state index contributed by atoms with van der Waals surface area (Å²) in [7, 11) is 1.58. The lowest BCUT2D eigenvalue weighted by Gasteiger charge is -2.49. The Balaban J connectivity index is 1.42. The van der Waals surface area contributed by atoms with Gasteiger partial charge in [0.05, 0.1) is 19.4 Å². The number of rotatable bonds is 10. The van der Waals surface area contributed by atoms with Crippen LogP contribution in [0.25, 0.3) is 11.3 Å². The number of aromatic nitrogens is 3. The van der Waals surface area contributed by atoms with Crippen LogP contribution in [0.1, 0.15) is 24.3 Å². The molecule has 216 valence electrons. The molecule has 1 aromatic heterocycles. The number of fused-ring (bicyclic) bond motifs is 1. The van der Waals surface area contributed by atoms with E-state index in [1.54, 1.807) is 7.11 Å². The van der Waals surface area contributed by atoms with Crippen LogP contribution in [0.4, 0.5) is 13.2 Å². The van der Waals surface area contributed by atoms with Gasteiger partial charge in [0.2, 0.25) is 0 Å². The summed E-state index contributed by atoms with van der Waals surface area (Å²) in [4.78, 5) is 0. The number of aliphatic hydroxyl groups is 2. The molecule has 40 heavy (non-hydrogen) atoms. The van der Waals surface area contributed by atoms with Crippen LogP contribution in [0, 0.1) is 17.5 Å². The topological polar surface area (TPSA) is 117 Å². The molecule has 13 heteroatoms. The quantitative estimate of drug-likeness (QED) is 0.283. The molecule has 0 amide bonds. The molecule has 7 atom stereocenters. The van der Waals surface area contributed by atoms with Crippen molar-refractivity contribution in [2.45, 2.75) is 49.3 Å². The predicted octanol–water partition coefficient (Wildman–Crippen LogP) is 2.56. The molecule has 3 aromatic rings. The third-order valence-corrected chi connectivity index (χ3v) is 6.89. The van der Waals surface area contributed by atoms with Gasteiger partial charge in [-0.3, -0.25) is 0 Å². The van der Waals surface area contributed by atoms with Gasteiger partial charge >= 0.3 is 0 Å². The van der Waals surface area contributed by atoms with Gasteiger partial charge in [-0.15, -0.1) is 5.10 Å². The van der Waals surface area contributed by atoms with E-state index in [-0.39, 0.29) is 24.5 Å². The van der Waals surface area contributed by atoms with Crippen molar-refractivity contribution in [1.29, 1.82) is 0 Å². The molecular weight excluding hydrogens is 535 g/mol. The Labute approximate surface area is 228 Å². The maximum atomic E-state index is 13.9. The van der Waals surface area contributed by atoms with Gasteiger partial charge in [0.25, 0.3) is 0 Å². The average molecular weight is 566 g/mol. The molecule has 3 unspecified atom stereocenters. The highest BCUT2D eigenvalue weighted by Gasteiger charge is 2.52. The molecule has 0 saturated carbocycles. The van der Waals surface area contributed by atoms with E-state index >= 15 is 0 Å². The Hall–Kier alpha value is -2.91. The lowest BCUT2D eigenvalue weighted by Crippen LogP contribution is -2.62. The molecule has 0 aliphatic carbocycles. The van der Waals surface area contributed by atoms with E-state index in [0.29, 0.717) is 19.6 Å². The van der Waals surface area contributed by atoms with Crippen molar-refractivity contribution in [1.82, 2.24) is 15.0 Å². The first-order chi connectivity index (χ1) is 19.4. The molecule has 0 radical (unpaired) electrons. The highest BCUT2D eigenvalue weighted by Crippen LogP contribution is 2.40. The zero-order chi connectivity index (χ0) is 28.2. The lowest BCUT2D eigenvalue weighted by atomic mass is 9.89. The first-order valence-corrected chi connectivity index (χ1v) is 12.8. The summed E-state index contributed by atoms with van der Waals surface area (Å²) in [6.45, 7) is 0.811. The Morgan fingerprint density at radius 1 is 1.10 bits per heavy atom. The molecule has 2 aliphatic heterocycles. The SMILES string of the molecule is COCCCOC[C@@H](O)[C@@H]1OC2COC(c3ccccc3)O[C@@H]2[C@H](n2cc(-c3cc(F)c(F)c(F)c3)nn2)C1O. The molecule has 5 rings (SSSR count). The first-order valence-electron chi connectivity index (χ1n) is 12.8. The fourth-order valence-electron chi connectivity index (χ4n) is 4.91. The number of aliphatic hydroxyl groups excluding tert-OH is 2. The Bertz CT molecular complexity index is 1240. The van der Waals surface area contributed by atoms with Gasteiger partial charge in [0.1, 0.15) is 42.3 Å². The van der Waals surface area contributed by atoms with E-state index in [1.165, 1.54) is 10.9 Å². The van der Waals surface area contributed by atoms with Crippen molar-refractivity contribution in [3.05, 3.63) is 71.7 Å². The van der Waals surface area contributed by atoms with Crippen LogP contribution in [0.3, 0.4) is 0 Å². The van der Waals surface area contributed by atoms with Crippen molar-refractivity contribution < 1.29 is 47.1 Å². The van der Waals surface area contributed by atoms with Crippen molar-refractivity contribution in [3.8, 4) is 11.3 Å². The summed E-state index contributed by atoms with van der Waals surface area (Å²) in [5.41, 5.74) is 0.743. The molecular formula is C27H30F3N3O7. The molecule has 2 aliphatic rings. The van der Waals surface area contributed by atoms with Gasteiger partial charge in [-0.05, 0) is 18.6 Å². The number of halogens is 3. The molecule has 3 heterocycles. The van der Waals surface area contributed by atoms with Crippen LogP contribution in [0.15, 0.2) is 48.7 Å². The second-order valence-corrected chi connectivity index (χ2v) is 9.62. The van der Waals surface area contributed by atoms with Crippen LogP contribution >= 0.6 is 0 Å². The normalized spacial score (nSPS) is 27.4. The van der Waals surface area contributed by atoms with Crippen LogP contribution in [-0.4, -0.2) is 89.3 Å². The van der Waals surface area contributed by atoms with E-state index in [0.717, 1.165) is 17.7 Å². The largest absolute Gasteiger partial charge is 0.388 e. The molecule has 0 spiro atoms. The van der Waals surface area contributed by atoms with E-state index in [1.807, 2.05) is 30.3 Å². The zero-order valence-corrected chi connectivity index (χ0v) is 21.6. The number of hydrogen-bond acceptors (Lipinski definition) is 9. The molecule has 2 fully saturated rings. The van der Waals surface area contributed by atoms with Crippen LogP contribution in [0.2, 0.25) is 0 Å². The van der Waals surface area contributed by atoms with Crippen LogP contribution in [0.5, 0.6) is 0 Å². The molecule has 0 bridgehead atoms. The van der Waals surface area contributed by atoms with E-state index < -0.39 is 60.3 Å². The smallest absolute Gasteiger partial charge is 0.194 e. The van der Waals surface area contributed by atoms with Crippen molar-refractivity contribution >= 4 is 0 Å². The number of benzene rings is 2. The minimum atomic E-state index is -1.59. The molecule has 2 N–H and O–H groups in total. The number of methoxy groups -OCH3 is 1. The van der Waals surface area contributed by atoms with Gasteiger partial charge in [0.15, 0.2) is 23.7 Å². The fraction of sp³-hybridized carbons (Fsp3) is 0.481. The average Bonchev–Trinajstić information content (AvgIpc) is 3.45. The van der Waals surface area contributed by atoms with Gasteiger partial charge in [-0.1, -0.05) is 35.5 Å². The minimum Gasteiger partial charge on any atom is -0.388 e. The third kappa shape index (κ3) is 6.05. The lowest BCUT2D eigenvalue weighted by molar-refractivity contribution is -0.325. The summed E-state index contributed by atoms with van der Waals surface area (Å²) >= 11 is 0. The van der Waals surface area contributed by atoms with E-state index in [2.05, 4.69) is 10.3 Å². The Morgan fingerprint density at radius 2 is 1.85 bits per heavy atom. The van der Waals surface area contributed by atoms with Crippen LogP contribution < -0.4 is 0 Å². The summed E-state index contributed by atoms with van der Waals surface area (Å²) in [6, 6.07) is 9.85. The van der Waals surface area contributed by atoms with Crippen molar-refractivity contribution in [2.75, 3.05) is 33.5 Å². The number of ether oxygens (including phenoxy) is 5. The zero-order valence-electron chi connectivity index (χ0n) is 21.6. The van der Waals surface area contributed by atoms with Crippen molar-refractivity contribution in [3.63, 3.8) is 0 Å². The molecule has 10 nitrogen and oxygen atoms in total. The maximum absolute atomic E-state index is 13.9. The summed E-state index contributed by atoms with van der Waals surface area (Å²) < 4.78 is 71.3. The van der Waals surface area contributed by atoms with E-state index in [4.69, 9.17) is 23.7 Å². The summed E-state index contributed by atoms with van der Waals surface area (Å²) in [5, 5.41) is 30.4. The van der Waals surface area contributed by atoms with Gasteiger partial charge in [0, 0.05) is 31.5 Å². The first kappa shape index (κ1) is 28.6. The molecule has 2 saturated heterocycles. The second kappa shape index (κ2) is 12.7. The predicted molar refractivity (Wildman–Crippen MR) is 132 cm³/mol.